The summed E-state index contributed by atoms with van der Waals surface area (Å²) in [5.74, 6) is 0.373. The minimum Gasteiger partial charge on any atom is -0.352 e. The third kappa shape index (κ3) is 8.84. The standard InChI is InChI=1S/C17H28N4O3S.HI/c1-12-9-13(7-8-14(12)25(6,23)24)10-19-16(18-5)20-11-15(22)21-17(2,3)4;/h7-9H,10-11H2,1-6H3,(H,21,22)(H2,18,19,20);1H. The van der Waals surface area contributed by atoms with Gasteiger partial charge in [0.15, 0.2) is 15.8 Å². The van der Waals surface area contributed by atoms with E-state index in [4.69, 9.17) is 0 Å². The summed E-state index contributed by atoms with van der Waals surface area (Å²) in [7, 11) is -1.60. The van der Waals surface area contributed by atoms with E-state index in [0.29, 0.717) is 23.0 Å². The Morgan fingerprint density at radius 3 is 2.27 bits per heavy atom. The lowest BCUT2D eigenvalue weighted by atomic mass is 10.1. The van der Waals surface area contributed by atoms with E-state index in [1.165, 1.54) is 6.26 Å². The summed E-state index contributed by atoms with van der Waals surface area (Å²) < 4.78 is 23.3. The normalized spacial score (nSPS) is 12.2. The fourth-order valence-electron chi connectivity index (χ4n) is 2.27. The van der Waals surface area contributed by atoms with Crippen LogP contribution in [-0.2, 0) is 21.2 Å². The van der Waals surface area contributed by atoms with Gasteiger partial charge in [0.05, 0.1) is 11.4 Å². The summed E-state index contributed by atoms with van der Waals surface area (Å²) in [4.78, 5) is 16.2. The minimum absolute atomic E-state index is 0. The summed E-state index contributed by atoms with van der Waals surface area (Å²) in [6.45, 7) is 8.10. The van der Waals surface area contributed by atoms with E-state index in [-0.39, 0.29) is 42.0 Å². The molecule has 1 aromatic rings. The minimum atomic E-state index is -3.22. The van der Waals surface area contributed by atoms with Gasteiger partial charge in [-0.25, -0.2) is 8.42 Å². The molecule has 148 valence electrons. The van der Waals surface area contributed by atoms with E-state index in [1.807, 2.05) is 26.8 Å². The van der Waals surface area contributed by atoms with Gasteiger partial charge in [-0.3, -0.25) is 9.79 Å². The zero-order chi connectivity index (χ0) is 19.3. The first kappa shape index (κ1) is 24.6. The van der Waals surface area contributed by atoms with Crippen LogP contribution in [0.2, 0.25) is 0 Å². The molecule has 1 amide bonds. The maximum Gasteiger partial charge on any atom is 0.239 e. The molecule has 9 heteroatoms. The van der Waals surface area contributed by atoms with E-state index in [2.05, 4.69) is 20.9 Å². The van der Waals surface area contributed by atoms with Crippen molar-refractivity contribution in [2.24, 2.45) is 4.99 Å². The summed E-state index contributed by atoms with van der Waals surface area (Å²) in [5, 5.41) is 8.90. The number of sulfone groups is 1. The molecule has 0 aliphatic carbocycles. The molecule has 0 fully saturated rings. The van der Waals surface area contributed by atoms with E-state index in [9.17, 15) is 13.2 Å². The highest BCUT2D eigenvalue weighted by molar-refractivity contribution is 14.0. The monoisotopic (exact) mass is 496 g/mol. The van der Waals surface area contributed by atoms with Gasteiger partial charge in [0.2, 0.25) is 5.91 Å². The van der Waals surface area contributed by atoms with Crippen molar-refractivity contribution in [1.82, 2.24) is 16.0 Å². The number of carbonyl (C=O) groups excluding carboxylic acids is 1. The number of benzene rings is 1. The Kier molecular flexibility index (Phi) is 9.57. The second-order valence-corrected chi connectivity index (χ2v) is 8.93. The van der Waals surface area contributed by atoms with Crippen molar-refractivity contribution in [2.75, 3.05) is 19.8 Å². The first-order valence-corrected chi connectivity index (χ1v) is 9.86. The van der Waals surface area contributed by atoms with E-state index < -0.39 is 9.84 Å². The lowest BCUT2D eigenvalue weighted by molar-refractivity contribution is -0.121. The zero-order valence-corrected chi connectivity index (χ0v) is 19.3. The highest BCUT2D eigenvalue weighted by Crippen LogP contribution is 2.16. The Morgan fingerprint density at radius 1 is 1.19 bits per heavy atom. The highest BCUT2D eigenvalue weighted by atomic mass is 127. The lowest BCUT2D eigenvalue weighted by Gasteiger charge is -2.21. The molecule has 0 atom stereocenters. The van der Waals surface area contributed by atoms with Crippen molar-refractivity contribution in [3.8, 4) is 0 Å². The first-order valence-electron chi connectivity index (χ1n) is 7.97. The molecule has 7 nitrogen and oxygen atoms in total. The number of carbonyl (C=O) groups is 1. The first-order chi connectivity index (χ1) is 11.4. The van der Waals surface area contributed by atoms with E-state index >= 15 is 0 Å². The van der Waals surface area contributed by atoms with E-state index in [1.54, 1.807) is 26.1 Å². The van der Waals surface area contributed by atoms with Gasteiger partial charge in [0.1, 0.15) is 0 Å². The van der Waals surface area contributed by atoms with Crippen molar-refractivity contribution in [3.63, 3.8) is 0 Å². The zero-order valence-electron chi connectivity index (χ0n) is 16.1. The number of nitrogens with zero attached hydrogens (tertiary/aromatic N) is 1. The van der Waals surface area contributed by atoms with Crippen LogP contribution in [-0.4, -0.2) is 45.7 Å². The van der Waals surface area contributed by atoms with Crippen LogP contribution in [0.4, 0.5) is 0 Å². The van der Waals surface area contributed by atoms with Gasteiger partial charge in [0, 0.05) is 25.4 Å². The van der Waals surface area contributed by atoms with Crippen LogP contribution >= 0.6 is 24.0 Å². The molecule has 3 N–H and O–H groups in total. The Labute approximate surface area is 173 Å². The average Bonchev–Trinajstić information content (AvgIpc) is 2.44. The third-order valence-corrected chi connectivity index (χ3v) is 4.51. The molecule has 1 aromatic carbocycles. The molecule has 0 bridgehead atoms. The van der Waals surface area contributed by atoms with Crippen LogP contribution in [0.5, 0.6) is 0 Å². The molecule has 0 spiro atoms. The predicted octanol–water partition coefficient (Wildman–Crippen LogP) is 1.60. The lowest BCUT2D eigenvalue weighted by Crippen LogP contribution is -2.48. The summed E-state index contributed by atoms with van der Waals surface area (Å²) in [5.41, 5.74) is 1.34. The van der Waals surface area contributed by atoms with Gasteiger partial charge in [-0.15, -0.1) is 24.0 Å². The summed E-state index contributed by atoms with van der Waals surface area (Å²) in [6.07, 6.45) is 1.20. The fourth-order valence-corrected chi connectivity index (χ4v) is 3.23. The second kappa shape index (κ2) is 10.1. The van der Waals surface area contributed by atoms with Gasteiger partial charge in [-0.2, -0.15) is 0 Å². The highest BCUT2D eigenvalue weighted by Gasteiger charge is 2.14. The van der Waals surface area contributed by atoms with Crippen molar-refractivity contribution < 1.29 is 13.2 Å². The molecule has 0 heterocycles. The largest absolute Gasteiger partial charge is 0.352 e. The van der Waals surface area contributed by atoms with Crippen molar-refractivity contribution >= 4 is 45.7 Å². The smallest absolute Gasteiger partial charge is 0.239 e. The maximum absolute atomic E-state index is 11.8. The molecule has 0 radical (unpaired) electrons. The van der Waals surface area contributed by atoms with Gasteiger partial charge >= 0.3 is 0 Å². The third-order valence-electron chi connectivity index (χ3n) is 3.25. The number of hydrogen-bond acceptors (Lipinski definition) is 4. The van der Waals surface area contributed by atoms with Gasteiger partial charge in [-0.05, 0) is 44.9 Å². The quantitative estimate of drug-likeness (QED) is 0.327. The fraction of sp³-hybridized carbons (Fsp3) is 0.529. The van der Waals surface area contributed by atoms with Crippen molar-refractivity contribution in [3.05, 3.63) is 29.3 Å². The number of amides is 1. The maximum atomic E-state index is 11.8. The number of hydrogen-bond donors (Lipinski definition) is 3. The summed E-state index contributed by atoms with van der Waals surface area (Å²) in [6, 6.07) is 5.19. The van der Waals surface area contributed by atoms with Crippen molar-refractivity contribution in [2.45, 2.75) is 44.7 Å². The molecular weight excluding hydrogens is 467 g/mol. The molecule has 1 rings (SSSR count). The Hall–Kier alpha value is -1.36. The Morgan fingerprint density at radius 2 is 1.81 bits per heavy atom. The van der Waals surface area contributed by atoms with Crippen LogP contribution < -0.4 is 16.0 Å². The summed E-state index contributed by atoms with van der Waals surface area (Å²) >= 11 is 0. The Bertz CT molecular complexity index is 756. The number of halogens is 1. The molecule has 0 saturated carbocycles. The topological polar surface area (TPSA) is 99.7 Å². The molecule has 0 aliphatic heterocycles. The van der Waals surface area contributed by atoms with Crippen molar-refractivity contribution in [1.29, 1.82) is 0 Å². The molecule has 0 aliphatic rings. The second-order valence-electron chi connectivity index (χ2n) is 6.95. The van der Waals surface area contributed by atoms with Crippen LogP contribution in [0, 0.1) is 6.92 Å². The molecule has 0 aromatic heterocycles. The van der Waals surface area contributed by atoms with Crippen LogP contribution in [0.15, 0.2) is 28.1 Å². The van der Waals surface area contributed by atoms with Crippen LogP contribution in [0.1, 0.15) is 31.9 Å². The van der Waals surface area contributed by atoms with Crippen LogP contribution in [0.3, 0.4) is 0 Å². The number of aliphatic imine (C=N–C) groups is 1. The van der Waals surface area contributed by atoms with Gasteiger partial charge < -0.3 is 16.0 Å². The number of guanidine groups is 1. The number of nitrogens with one attached hydrogen (secondary N) is 3. The molecule has 26 heavy (non-hydrogen) atoms. The van der Waals surface area contributed by atoms with Gasteiger partial charge in [0.25, 0.3) is 0 Å². The number of aryl methyl sites for hydroxylation is 1. The predicted molar refractivity (Wildman–Crippen MR) is 116 cm³/mol. The molecule has 0 unspecified atom stereocenters. The average molecular weight is 496 g/mol. The molecule has 0 saturated heterocycles. The number of rotatable bonds is 5. The van der Waals surface area contributed by atoms with Crippen LogP contribution in [0.25, 0.3) is 0 Å². The molecular formula is C17H29IN4O3S. The van der Waals surface area contributed by atoms with Gasteiger partial charge in [-0.1, -0.05) is 12.1 Å². The SMILES string of the molecule is CN=C(NCC(=O)NC(C)(C)C)NCc1ccc(S(C)(=O)=O)c(C)c1.I. The Balaban J connectivity index is 0.00000625. The van der Waals surface area contributed by atoms with E-state index in [0.717, 1.165) is 5.56 Å².